The van der Waals surface area contributed by atoms with Crippen molar-refractivity contribution in [2.24, 2.45) is 11.8 Å². The van der Waals surface area contributed by atoms with Crippen molar-refractivity contribution in [3.05, 3.63) is 34.3 Å². The van der Waals surface area contributed by atoms with Crippen LogP contribution in [0.15, 0.2) is 28.7 Å². The summed E-state index contributed by atoms with van der Waals surface area (Å²) < 4.78 is 1.15. The topological polar surface area (TPSA) is 12.0 Å². The van der Waals surface area contributed by atoms with E-state index in [2.05, 4.69) is 66.3 Å². The molecule has 18 heavy (non-hydrogen) atoms. The molecule has 0 radical (unpaired) electrons. The highest BCUT2D eigenvalue weighted by molar-refractivity contribution is 9.10. The molecule has 1 aliphatic rings. The number of benzene rings is 1. The maximum atomic E-state index is 3.80. The lowest BCUT2D eigenvalue weighted by atomic mass is 9.80. The third kappa shape index (κ3) is 3.83. The largest absolute Gasteiger partial charge is 0.307 e. The number of hydrogen-bond donors (Lipinski definition) is 1. The second-order valence-electron chi connectivity index (χ2n) is 6.05. The SMILES string of the molecule is CC1CC(C)CC(N[C@H](C)c2ccc(Br)cc2)C1. The number of nitrogens with one attached hydrogen (secondary N) is 1. The van der Waals surface area contributed by atoms with Crippen LogP contribution < -0.4 is 5.32 Å². The van der Waals surface area contributed by atoms with Gasteiger partial charge in [0.25, 0.3) is 0 Å². The summed E-state index contributed by atoms with van der Waals surface area (Å²) in [4.78, 5) is 0. The summed E-state index contributed by atoms with van der Waals surface area (Å²) in [6, 6.07) is 9.79. The fraction of sp³-hybridized carbons (Fsp3) is 0.625. The zero-order chi connectivity index (χ0) is 13.1. The second kappa shape index (κ2) is 6.21. The van der Waals surface area contributed by atoms with Gasteiger partial charge in [-0.05, 0) is 55.7 Å². The third-order valence-corrected chi connectivity index (χ3v) is 4.56. The molecule has 1 aliphatic carbocycles. The smallest absolute Gasteiger partial charge is 0.0294 e. The van der Waals surface area contributed by atoms with Crippen LogP contribution in [0.4, 0.5) is 0 Å². The van der Waals surface area contributed by atoms with Crippen LogP contribution in [-0.2, 0) is 0 Å². The first-order chi connectivity index (χ1) is 8.54. The summed E-state index contributed by atoms with van der Waals surface area (Å²) in [5, 5.41) is 3.80. The maximum Gasteiger partial charge on any atom is 0.0294 e. The Bertz CT molecular complexity index is 363. The second-order valence-corrected chi connectivity index (χ2v) is 6.97. The molecule has 1 aromatic rings. The van der Waals surface area contributed by atoms with Crippen molar-refractivity contribution in [1.29, 1.82) is 0 Å². The Balaban J connectivity index is 1.94. The summed E-state index contributed by atoms with van der Waals surface area (Å²) in [5.74, 6) is 1.73. The minimum atomic E-state index is 0.445. The van der Waals surface area contributed by atoms with Gasteiger partial charge in [0, 0.05) is 16.6 Å². The van der Waals surface area contributed by atoms with E-state index < -0.39 is 0 Å². The zero-order valence-corrected chi connectivity index (χ0v) is 13.2. The van der Waals surface area contributed by atoms with E-state index in [-0.39, 0.29) is 0 Å². The van der Waals surface area contributed by atoms with Gasteiger partial charge in [0.1, 0.15) is 0 Å². The quantitative estimate of drug-likeness (QED) is 0.835. The lowest BCUT2D eigenvalue weighted by Gasteiger charge is -2.34. The van der Waals surface area contributed by atoms with Gasteiger partial charge in [-0.3, -0.25) is 0 Å². The van der Waals surface area contributed by atoms with Crippen molar-refractivity contribution < 1.29 is 0 Å². The molecule has 0 aromatic heterocycles. The van der Waals surface area contributed by atoms with Gasteiger partial charge >= 0.3 is 0 Å². The van der Waals surface area contributed by atoms with Crippen LogP contribution in [0.25, 0.3) is 0 Å². The van der Waals surface area contributed by atoms with Gasteiger partial charge in [0.2, 0.25) is 0 Å². The molecule has 0 bridgehead atoms. The Labute approximate surface area is 119 Å². The standard InChI is InChI=1S/C16H24BrN/c1-11-8-12(2)10-16(9-11)18-13(3)14-4-6-15(17)7-5-14/h4-7,11-13,16,18H,8-10H2,1-3H3/t11?,12?,13-,16?/m1/s1. The Morgan fingerprint density at radius 3 is 2.17 bits per heavy atom. The van der Waals surface area contributed by atoms with Crippen LogP contribution in [-0.4, -0.2) is 6.04 Å². The van der Waals surface area contributed by atoms with Crippen LogP contribution in [0.2, 0.25) is 0 Å². The highest BCUT2D eigenvalue weighted by Crippen LogP contribution is 2.30. The molecule has 2 unspecified atom stereocenters. The van der Waals surface area contributed by atoms with E-state index in [0.717, 1.165) is 16.3 Å². The molecule has 100 valence electrons. The predicted molar refractivity (Wildman–Crippen MR) is 81.7 cm³/mol. The van der Waals surface area contributed by atoms with Crippen LogP contribution >= 0.6 is 15.9 Å². The van der Waals surface area contributed by atoms with E-state index in [4.69, 9.17) is 0 Å². The van der Waals surface area contributed by atoms with E-state index in [0.29, 0.717) is 12.1 Å². The van der Waals surface area contributed by atoms with Crippen molar-refractivity contribution in [3.63, 3.8) is 0 Å². The van der Waals surface area contributed by atoms with Gasteiger partial charge in [-0.2, -0.15) is 0 Å². The molecule has 0 saturated heterocycles. The van der Waals surface area contributed by atoms with E-state index in [9.17, 15) is 0 Å². The number of rotatable bonds is 3. The molecule has 3 atom stereocenters. The van der Waals surface area contributed by atoms with Crippen molar-refractivity contribution in [1.82, 2.24) is 5.32 Å². The molecule has 1 aromatic carbocycles. The number of halogens is 1. The molecule has 0 aliphatic heterocycles. The molecular formula is C16H24BrN. The molecule has 0 heterocycles. The third-order valence-electron chi connectivity index (χ3n) is 4.03. The van der Waals surface area contributed by atoms with Gasteiger partial charge in [-0.15, -0.1) is 0 Å². The molecule has 1 nitrogen and oxygen atoms in total. The highest BCUT2D eigenvalue weighted by Gasteiger charge is 2.24. The maximum absolute atomic E-state index is 3.80. The number of hydrogen-bond acceptors (Lipinski definition) is 1. The first kappa shape index (κ1) is 14.1. The molecule has 2 heteroatoms. The normalized spacial score (nSPS) is 30.1. The Morgan fingerprint density at radius 2 is 1.61 bits per heavy atom. The van der Waals surface area contributed by atoms with Crippen LogP contribution in [0.1, 0.15) is 51.6 Å². The zero-order valence-electron chi connectivity index (χ0n) is 11.6. The summed E-state index contributed by atoms with van der Waals surface area (Å²) in [7, 11) is 0. The monoisotopic (exact) mass is 309 g/mol. The van der Waals surface area contributed by atoms with E-state index in [1.165, 1.54) is 24.8 Å². The molecule has 1 fully saturated rings. The highest BCUT2D eigenvalue weighted by atomic mass is 79.9. The minimum absolute atomic E-state index is 0.445. The van der Waals surface area contributed by atoms with Crippen molar-refractivity contribution in [3.8, 4) is 0 Å². The first-order valence-corrected chi connectivity index (χ1v) is 7.85. The van der Waals surface area contributed by atoms with Gasteiger partial charge in [0.05, 0.1) is 0 Å². The van der Waals surface area contributed by atoms with Crippen molar-refractivity contribution in [2.75, 3.05) is 0 Å². The summed E-state index contributed by atoms with van der Waals surface area (Å²) in [6.07, 6.45) is 4.04. The van der Waals surface area contributed by atoms with E-state index in [1.54, 1.807) is 0 Å². The summed E-state index contributed by atoms with van der Waals surface area (Å²) in [6.45, 7) is 7.04. The van der Waals surface area contributed by atoms with E-state index >= 15 is 0 Å². The first-order valence-electron chi connectivity index (χ1n) is 7.06. The van der Waals surface area contributed by atoms with Gasteiger partial charge < -0.3 is 5.32 Å². The predicted octanol–water partition coefficient (Wildman–Crippen LogP) is 4.92. The molecule has 1 N–H and O–H groups in total. The molecule has 0 amide bonds. The lowest BCUT2D eigenvalue weighted by Crippen LogP contribution is -2.37. The molecule has 2 rings (SSSR count). The average molecular weight is 310 g/mol. The summed E-state index contributed by atoms with van der Waals surface area (Å²) in [5.41, 5.74) is 1.38. The van der Waals surface area contributed by atoms with Crippen molar-refractivity contribution >= 4 is 15.9 Å². The van der Waals surface area contributed by atoms with Crippen LogP contribution in [0.3, 0.4) is 0 Å². The van der Waals surface area contributed by atoms with Crippen LogP contribution in [0, 0.1) is 11.8 Å². The van der Waals surface area contributed by atoms with Gasteiger partial charge in [0.15, 0.2) is 0 Å². The Morgan fingerprint density at radius 1 is 1.06 bits per heavy atom. The van der Waals surface area contributed by atoms with E-state index in [1.807, 2.05) is 0 Å². The summed E-state index contributed by atoms with van der Waals surface area (Å²) >= 11 is 3.49. The fourth-order valence-corrected chi connectivity index (χ4v) is 3.55. The average Bonchev–Trinajstić information content (AvgIpc) is 2.28. The lowest BCUT2D eigenvalue weighted by molar-refractivity contribution is 0.228. The fourth-order valence-electron chi connectivity index (χ4n) is 3.28. The molecule has 0 spiro atoms. The van der Waals surface area contributed by atoms with Gasteiger partial charge in [-0.1, -0.05) is 41.9 Å². The Hall–Kier alpha value is -0.340. The van der Waals surface area contributed by atoms with Crippen LogP contribution in [0.5, 0.6) is 0 Å². The minimum Gasteiger partial charge on any atom is -0.307 e. The molecule has 1 saturated carbocycles. The molecular weight excluding hydrogens is 286 g/mol. The Kier molecular flexibility index (Phi) is 4.85. The van der Waals surface area contributed by atoms with Crippen molar-refractivity contribution in [2.45, 2.75) is 52.1 Å². The van der Waals surface area contributed by atoms with Gasteiger partial charge in [-0.25, -0.2) is 0 Å².